The number of rotatable bonds is 12. The van der Waals surface area contributed by atoms with Crippen molar-refractivity contribution >= 4 is 17.5 Å². The number of ether oxygens (including phenoxy) is 3. The molecule has 0 radical (unpaired) electrons. The zero-order valence-electron chi connectivity index (χ0n) is 28.8. The number of hydrogen-bond donors (Lipinski definition) is 4. The van der Waals surface area contributed by atoms with E-state index in [1.807, 2.05) is 12.1 Å². The third-order valence-electron chi connectivity index (χ3n) is 8.87. The molecule has 0 bridgehead atoms. The summed E-state index contributed by atoms with van der Waals surface area (Å²) in [6.07, 6.45) is 6.02. The zero-order chi connectivity index (χ0) is 33.6. The highest BCUT2D eigenvalue weighted by atomic mass is 16.5. The normalized spacial score (nSPS) is 18.3. The van der Waals surface area contributed by atoms with Crippen LogP contribution in [0, 0.1) is 0 Å². The summed E-state index contributed by atoms with van der Waals surface area (Å²) in [6, 6.07) is 7.09. The highest BCUT2D eigenvalue weighted by Crippen LogP contribution is 2.50. The van der Waals surface area contributed by atoms with E-state index in [0.717, 1.165) is 54.4 Å². The molecule has 252 valence electrons. The maximum Gasteiger partial charge on any atom is 0.220 e. The van der Waals surface area contributed by atoms with Crippen LogP contribution < -0.4 is 40.9 Å². The molecule has 0 saturated carbocycles. The van der Waals surface area contributed by atoms with Gasteiger partial charge in [-0.15, -0.1) is 0 Å². The molecule has 1 saturated heterocycles. The van der Waals surface area contributed by atoms with Crippen molar-refractivity contribution in [3.05, 3.63) is 45.6 Å². The monoisotopic (exact) mass is 636 g/mol. The molecule has 4 rings (SSSR count). The lowest BCUT2D eigenvalue weighted by Gasteiger charge is -2.46. The molecule has 1 atom stereocenters. The van der Waals surface area contributed by atoms with Gasteiger partial charge in [0.05, 0.1) is 33.1 Å². The van der Waals surface area contributed by atoms with Crippen molar-refractivity contribution in [2.24, 2.45) is 0 Å². The predicted molar refractivity (Wildman–Crippen MR) is 182 cm³/mol. The molecule has 1 aliphatic carbocycles. The molecule has 1 unspecified atom stereocenters. The van der Waals surface area contributed by atoms with Crippen LogP contribution in [-0.4, -0.2) is 56.8 Å². The topological polar surface area (TPSA) is 127 Å². The Morgan fingerprint density at radius 2 is 1.61 bits per heavy atom. The van der Waals surface area contributed by atoms with E-state index in [9.17, 15) is 14.4 Å². The first-order valence-electron chi connectivity index (χ1n) is 16.4. The molecule has 1 aliphatic heterocycles. The number of carbonyl (C=O) groups excluding carboxylic acids is 2. The summed E-state index contributed by atoms with van der Waals surface area (Å²) in [5.41, 5.74) is 3.60. The summed E-state index contributed by atoms with van der Waals surface area (Å²) in [4.78, 5) is 38.4. The fourth-order valence-corrected chi connectivity index (χ4v) is 7.39. The number of piperidine rings is 1. The van der Waals surface area contributed by atoms with Gasteiger partial charge in [0, 0.05) is 42.6 Å². The summed E-state index contributed by atoms with van der Waals surface area (Å²) in [7, 11) is 4.73. The lowest BCUT2D eigenvalue weighted by Crippen LogP contribution is -2.62. The summed E-state index contributed by atoms with van der Waals surface area (Å²) in [5.74, 6) is 1.48. The van der Waals surface area contributed by atoms with E-state index in [4.69, 9.17) is 14.2 Å². The van der Waals surface area contributed by atoms with Gasteiger partial charge in [0.25, 0.3) is 0 Å². The Bertz CT molecular complexity index is 1470. The van der Waals surface area contributed by atoms with Gasteiger partial charge in [0.2, 0.25) is 23.0 Å². The second kappa shape index (κ2) is 14.8. The molecule has 46 heavy (non-hydrogen) atoms. The minimum absolute atomic E-state index is 0.0148. The average Bonchev–Trinajstić information content (AvgIpc) is 3.20. The number of benzene rings is 1. The van der Waals surface area contributed by atoms with E-state index in [-0.39, 0.29) is 40.4 Å². The Morgan fingerprint density at radius 1 is 0.913 bits per heavy atom. The van der Waals surface area contributed by atoms with E-state index >= 15 is 0 Å². The van der Waals surface area contributed by atoms with Gasteiger partial charge < -0.3 is 35.5 Å². The fraction of sp³-hybridized carbons (Fsp3) is 0.583. The van der Waals surface area contributed by atoms with E-state index in [2.05, 4.69) is 49.0 Å². The molecule has 2 aromatic carbocycles. The van der Waals surface area contributed by atoms with Gasteiger partial charge in [-0.1, -0.05) is 12.5 Å². The number of fused-ring (bicyclic) bond motifs is 3. The van der Waals surface area contributed by atoms with Crippen molar-refractivity contribution < 1.29 is 23.8 Å². The van der Waals surface area contributed by atoms with Gasteiger partial charge in [0.15, 0.2) is 11.5 Å². The quantitative estimate of drug-likeness (QED) is 0.233. The Kier molecular flexibility index (Phi) is 11.2. The molecule has 2 aliphatic rings. The van der Waals surface area contributed by atoms with Crippen LogP contribution in [0.1, 0.15) is 96.7 Å². The van der Waals surface area contributed by atoms with Gasteiger partial charge in [-0.25, -0.2) is 0 Å². The van der Waals surface area contributed by atoms with Crippen LogP contribution in [0.2, 0.25) is 0 Å². The summed E-state index contributed by atoms with van der Waals surface area (Å²) in [6.45, 7) is 10.8. The molecular formula is C36H52N4O6. The number of amides is 2. The molecule has 1 heterocycles. The molecule has 0 spiro atoms. The van der Waals surface area contributed by atoms with Crippen molar-refractivity contribution in [2.75, 3.05) is 33.2 Å². The highest BCUT2D eigenvalue weighted by molar-refractivity contribution is 5.83. The molecule has 2 amide bonds. The smallest absolute Gasteiger partial charge is 0.220 e. The van der Waals surface area contributed by atoms with Crippen molar-refractivity contribution in [1.29, 1.82) is 0 Å². The molecular weight excluding hydrogens is 584 g/mol. The number of hydrogen-bond acceptors (Lipinski definition) is 8. The first-order chi connectivity index (χ1) is 21.8. The zero-order valence-corrected chi connectivity index (χ0v) is 28.8. The number of nitrogens with one attached hydrogen (secondary N) is 4. The van der Waals surface area contributed by atoms with Crippen molar-refractivity contribution in [1.82, 2.24) is 16.0 Å². The number of aryl methyl sites for hydroxylation is 1. The fourth-order valence-electron chi connectivity index (χ4n) is 7.39. The summed E-state index contributed by atoms with van der Waals surface area (Å²) < 4.78 is 17.1. The largest absolute Gasteiger partial charge is 0.493 e. The van der Waals surface area contributed by atoms with Crippen molar-refractivity contribution in [2.45, 2.75) is 109 Å². The Hall–Kier alpha value is -3.79. The third-order valence-corrected chi connectivity index (χ3v) is 8.87. The van der Waals surface area contributed by atoms with Crippen molar-refractivity contribution in [3.8, 4) is 28.4 Å². The Morgan fingerprint density at radius 3 is 2.24 bits per heavy atom. The first kappa shape index (κ1) is 35.1. The molecule has 0 aromatic heterocycles. The highest BCUT2D eigenvalue weighted by Gasteiger charge is 2.38. The third kappa shape index (κ3) is 8.51. The maximum absolute atomic E-state index is 13.5. The minimum atomic E-state index is -0.359. The molecule has 1 fully saturated rings. The summed E-state index contributed by atoms with van der Waals surface area (Å²) >= 11 is 0. The number of carbonyl (C=O) groups is 2. The lowest BCUT2D eigenvalue weighted by molar-refractivity contribution is -0.122. The van der Waals surface area contributed by atoms with Crippen LogP contribution >= 0.6 is 0 Å². The van der Waals surface area contributed by atoms with Gasteiger partial charge >= 0.3 is 0 Å². The number of unbranched alkanes of at least 4 members (excludes halogenated alkanes) is 2. The SMILES string of the molecule is COc1cc2c(c(OC)c1OC)-c1ccc(NCCCCCC(=O)NC3CC(C)(C)NC(C)(C)C3)c(=O)cc1C(NC(C)=O)CC2. The summed E-state index contributed by atoms with van der Waals surface area (Å²) in [5, 5.41) is 13.3. The second-order valence-corrected chi connectivity index (χ2v) is 13.9. The van der Waals surface area contributed by atoms with E-state index in [0.29, 0.717) is 48.7 Å². The Labute approximate surface area is 273 Å². The Balaban J connectivity index is 1.45. The number of methoxy groups -OCH3 is 3. The lowest BCUT2D eigenvalue weighted by atomic mass is 9.79. The predicted octanol–water partition coefficient (Wildman–Crippen LogP) is 5.26. The molecule has 4 N–H and O–H groups in total. The van der Waals surface area contributed by atoms with Crippen LogP contribution in [0.5, 0.6) is 17.2 Å². The molecule has 10 heteroatoms. The van der Waals surface area contributed by atoms with Gasteiger partial charge in [-0.2, -0.15) is 0 Å². The van der Waals surface area contributed by atoms with Crippen LogP contribution in [-0.2, 0) is 16.0 Å². The van der Waals surface area contributed by atoms with Crippen LogP contribution in [0.4, 0.5) is 5.69 Å². The maximum atomic E-state index is 13.5. The molecule has 10 nitrogen and oxygen atoms in total. The van der Waals surface area contributed by atoms with Crippen LogP contribution in [0.15, 0.2) is 29.1 Å². The minimum Gasteiger partial charge on any atom is -0.493 e. The van der Waals surface area contributed by atoms with Gasteiger partial charge in [0.1, 0.15) is 0 Å². The van der Waals surface area contributed by atoms with Gasteiger partial charge in [-0.05, 0) is 101 Å². The molecule has 2 aromatic rings. The average molecular weight is 637 g/mol. The van der Waals surface area contributed by atoms with E-state index in [1.54, 1.807) is 33.5 Å². The van der Waals surface area contributed by atoms with E-state index < -0.39 is 0 Å². The standard InChI is InChI=1S/C36H52N4O6/c1-22(41)38-27-15-13-23-18-30(44-6)33(45-7)34(46-8)32(23)25-14-16-28(29(42)19-26(25)27)37-17-11-9-10-12-31(43)39-24-20-35(2,3)40-36(4,5)21-24/h14,16,18-19,24,27,40H,9-13,15,17,20-21H2,1-8H3,(H,37,42)(H,38,41)(H,39,43). The van der Waals surface area contributed by atoms with E-state index in [1.165, 1.54) is 6.92 Å². The van der Waals surface area contributed by atoms with Crippen LogP contribution in [0.3, 0.4) is 0 Å². The van der Waals surface area contributed by atoms with Gasteiger partial charge in [-0.3, -0.25) is 14.4 Å². The number of anilines is 1. The second-order valence-electron chi connectivity index (χ2n) is 13.9. The van der Waals surface area contributed by atoms with Crippen molar-refractivity contribution in [3.63, 3.8) is 0 Å². The van der Waals surface area contributed by atoms with Crippen LogP contribution in [0.25, 0.3) is 11.1 Å². The first-order valence-corrected chi connectivity index (χ1v) is 16.4.